The number of rotatable bonds is 10. The first-order chi connectivity index (χ1) is 19.2. The van der Waals surface area contributed by atoms with E-state index in [9.17, 15) is 19.5 Å². The van der Waals surface area contributed by atoms with Crippen LogP contribution in [0.3, 0.4) is 0 Å². The Morgan fingerprint density at radius 3 is 2.50 bits per heavy atom. The summed E-state index contributed by atoms with van der Waals surface area (Å²) in [6.45, 7) is 8.38. The van der Waals surface area contributed by atoms with E-state index in [4.69, 9.17) is 9.47 Å². The van der Waals surface area contributed by atoms with Crippen LogP contribution in [0.1, 0.15) is 50.7 Å². The van der Waals surface area contributed by atoms with E-state index in [-0.39, 0.29) is 30.9 Å². The number of carbonyl (C=O) groups is 3. The Labute approximate surface area is 235 Å². The van der Waals surface area contributed by atoms with E-state index in [1.807, 2.05) is 45.9 Å². The van der Waals surface area contributed by atoms with E-state index >= 15 is 0 Å². The number of fused-ring (bicyclic) bond motifs is 1. The molecular formula is C31H39N3O6. The third-order valence-electron chi connectivity index (χ3n) is 8.85. The van der Waals surface area contributed by atoms with Gasteiger partial charge >= 0.3 is 0 Å². The van der Waals surface area contributed by atoms with Gasteiger partial charge in [-0.15, -0.1) is 0 Å². The molecule has 0 saturated carbocycles. The summed E-state index contributed by atoms with van der Waals surface area (Å²) in [6.07, 6.45) is 1.95. The first kappa shape index (κ1) is 28.1. The smallest absolute Gasteiger partial charge is 0.250 e. The molecule has 0 radical (unpaired) electrons. The average Bonchev–Trinajstić information content (AvgIpc) is 3.54. The van der Waals surface area contributed by atoms with Crippen molar-refractivity contribution < 1.29 is 29.0 Å². The number of aryl methyl sites for hydroxylation is 2. The molecular weight excluding hydrogens is 510 g/mol. The van der Waals surface area contributed by atoms with Gasteiger partial charge < -0.3 is 30.1 Å². The molecule has 0 aromatic heterocycles. The van der Waals surface area contributed by atoms with E-state index in [0.717, 1.165) is 11.1 Å². The monoisotopic (exact) mass is 549 g/mol. The van der Waals surface area contributed by atoms with Crippen molar-refractivity contribution in [2.75, 3.05) is 30.4 Å². The van der Waals surface area contributed by atoms with E-state index in [1.54, 1.807) is 24.3 Å². The summed E-state index contributed by atoms with van der Waals surface area (Å²) < 4.78 is 12.3. The maximum atomic E-state index is 14.1. The van der Waals surface area contributed by atoms with E-state index in [1.165, 1.54) is 4.90 Å². The number of anilines is 2. The third kappa shape index (κ3) is 4.55. The van der Waals surface area contributed by atoms with E-state index in [0.29, 0.717) is 49.4 Å². The predicted molar refractivity (Wildman–Crippen MR) is 151 cm³/mol. The molecule has 3 aliphatic rings. The van der Waals surface area contributed by atoms with Crippen LogP contribution in [-0.2, 0) is 19.1 Å². The second-order valence-electron chi connectivity index (χ2n) is 11.2. The van der Waals surface area contributed by atoms with Crippen LogP contribution in [0.2, 0.25) is 0 Å². The zero-order valence-corrected chi connectivity index (χ0v) is 23.7. The van der Waals surface area contributed by atoms with Gasteiger partial charge in [0.25, 0.3) is 0 Å². The van der Waals surface area contributed by atoms with Crippen LogP contribution in [-0.4, -0.2) is 64.7 Å². The Bertz CT molecular complexity index is 1300. The fourth-order valence-electron chi connectivity index (χ4n) is 6.99. The maximum Gasteiger partial charge on any atom is 0.250 e. The molecule has 2 aromatic rings. The summed E-state index contributed by atoms with van der Waals surface area (Å²) in [7, 11) is 0. The van der Waals surface area contributed by atoms with Crippen molar-refractivity contribution >= 4 is 29.1 Å². The Kier molecular flexibility index (Phi) is 7.63. The minimum atomic E-state index is -1.12. The molecule has 3 fully saturated rings. The number of aliphatic hydroxyl groups is 1. The second-order valence-corrected chi connectivity index (χ2v) is 11.2. The van der Waals surface area contributed by atoms with Crippen molar-refractivity contribution in [1.82, 2.24) is 4.90 Å². The van der Waals surface area contributed by atoms with E-state index < -0.39 is 29.1 Å². The normalized spacial score (nSPS) is 28.5. The highest BCUT2D eigenvalue weighted by Crippen LogP contribution is 2.64. The molecule has 2 bridgehead atoms. The molecule has 0 aliphatic carbocycles. The van der Waals surface area contributed by atoms with Crippen LogP contribution in [0.15, 0.2) is 42.5 Å². The van der Waals surface area contributed by atoms with Gasteiger partial charge in [-0.1, -0.05) is 19.1 Å². The highest BCUT2D eigenvalue weighted by Gasteiger charge is 2.78. The molecule has 1 spiro atoms. The number of benzene rings is 2. The number of carbonyl (C=O) groups excluding carboxylic acids is 3. The summed E-state index contributed by atoms with van der Waals surface area (Å²) in [4.78, 5) is 43.5. The van der Waals surface area contributed by atoms with Crippen LogP contribution < -0.4 is 15.4 Å². The lowest BCUT2D eigenvalue weighted by Crippen LogP contribution is -2.53. The van der Waals surface area contributed by atoms with Crippen molar-refractivity contribution in [1.29, 1.82) is 0 Å². The number of nitrogens with zero attached hydrogens (tertiary/aromatic N) is 1. The van der Waals surface area contributed by atoms with Gasteiger partial charge in [-0.05, 0) is 87.9 Å². The standard InChI is InChI=1S/C31H39N3O6/c1-5-30-14-15-31(40-30)25(24(30)27(36)32-21-10-12-22(13-11-21)39-6-2)29(38)34(16-7-17-35)26(31)28(37)33-23-18-19(3)8-9-20(23)4/h8-13,18,24-26,35H,5-7,14-17H2,1-4H3,(H,32,36)(H,33,37)/t24-,25-,26?,30+,31?/m0/s1. The Hall–Kier alpha value is -3.43. The SMILES string of the molecule is CCOc1ccc(NC(=O)[C@@H]2[C@H]3C(=O)N(CCCO)C(C(=O)Nc4cc(C)ccc4C)C34CC[C@@]2(CC)O4)cc1. The third-order valence-corrected chi connectivity index (χ3v) is 8.85. The minimum absolute atomic E-state index is 0.117. The molecule has 40 heavy (non-hydrogen) atoms. The van der Waals surface area contributed by atoms with Gasteiger partial charge in [0.15, 0.2) is 0 Å². The van der Waals surface area contributed by atoms with Crippen molar-refractivity contribution in [3.63, 3.8) is 0 Å². The molecule has 9 nitrogen and oxygen atoms in total. The number of aliphatic hydroxyl groups excluding tert-OH is 1. The van der Waals surface area contributed by atoms with Crippen molar-refractivity contribution in [2.24, 2.45) is 11.8 Å². The molecule has 9 heteroatoms. The summed E-state index contributed by atoms with van der Waals surface area (Å²) in [5, 5.41) is 15.6. The molecule has 3 aliphatic heterocycles. The van der Waals surface area contributed by atoms with Gasteiger partial charge in [0, 0.05) is 24.5 Å². The quantitative estimate of drug-likeness (QED) is 0.415. The molecule has 3 amide bonds. The van der Waals surface area contributed by atoms with Crippen LogP contribution in [0, 0.1) is 25.7 Å². The maximum absolute atomic E-state index is 14.1. The summed E-state index contributed by atoms with van der Waals surface area (Å²) in [6, 6.07) is 12.0. The molecule has 5 atom stereocenters. The van der Waals surface area contributed by atoms with Crippen LogP contribution in [0.4, 0.5) is 11.4 Å². The van der Waals surface area contributed by atoms with Crippen molar-refractivity contribution in [3.05, 3.63) is 53.6 Å². The van der Waals surface area contributed by atoms with Gasteiger partial charge in [-0.2, -0.15) is 0 Å². The second kappa shape index (κ2) is 10.9. The highest BCUT2D eigenvalue weighted by atomic mass is 16.5. The number of hydrogen-bond acceptors (Lipinski definition) is 6. The van der Waals surface area contributed by atoms with Gasteiger partial charge in [0.2, 0.25) is 17.7 Å². The number of amides is 3. The van der Waals surface area contributed by atoms with Crippen molar-refractivity contribution in [3.8, 4) is 5.75 Å². The zero-order chi connectivity index (χ0) is 28.7. The molecule has 3 saturated heterocycles. The highest BCUT2D eigenvalue weighted by molar-refractivity contribution is 6.05. The lowest BCUT2D eigenvalue weighted by Gasteiger charge is -2.34. The molecule has 214 valence electrons. The number of nitrogens with one attached hydrogen (secondary N) is 2. The van der Waals surface area contributed by atoms with Crippen LogP contribution >= 0.6 is 0 Å². The molecule has 3 heterocycles. The largest absolute Gasteiger partial charge is 0.494 e. The average molecular weight is 550 g/mol. The lowest BCUT2D eigenvalue weighted by atomic mass is 9.65. The number of likely N-dealkylation sites (tertiary alicyclic amines) is 1. The molecule has 2 unspecified atom stereocenters. The van der Waals surface area contributed by atoms with Crippen molar-refractivity contribution in [2.45, 2.75) is 70.6 Å². The van der Waals surface area contributed by atoms with Crippen LogP contribution in [0.5, 0.6) is 5.75 Å². The lowest BCUT2D eigenvalue weighted by molar-refractivity contribution is -0.144. The van der Waals surface area contributed by atoms with Gasteiger partial charge in [-0.25, -0.2) is 0 Å². The summed E-state index contributed by atoms with van der Waals surface area (Å²) >= 11 is 0. The minimum Gasteiger partial charge on any atom is -0.494 e. The topological polar surface area (TPSA) is 117 Å². The Morgan fingerprint density at radius 2 is 1.82 bits per heavy atom. The van der Waals surface area contributed by atoms with Crippen LogP contribution in [0.25, 0.3) is 0 Å². The zero-order valence-electron chi connectivity index (χ0n) is 23.7. The number of ether oxygens (including phenoxy) is 2. The molecule has 3 N–H and O–H groups in total. The molecule has 5 rings (SSSR count). The van der Waals surface area contributed by atoms with E-state index in [2.05, 4.69) is 10.6 Å². The summed E-state index contributed by atoms with van der Waals surface area (Å²) in [5.74, 6) is -1.73. The fraction of sp³-hybridized carbons (Fsp3) is 0.516. The van der Waals surface area contributed by atoms with Gasteiger partial charge in [0.05, 0.1) is 24.0 Å². The predicted octanol–water partition coefficient (Wildman–Crippen LogP) is 3.82. The van der Waals surface area contributed by atoms with Gasteiger partial charge in [-0.3, -0.25) is 14.4 Å². The fourth-order valence-corrected chi connectivity index (χ4v) is 6.99. The first-order valence-electron chi connectivity index (χ1n) is 14.2. The van der Waals surface area contributed by atoms with Gasteiger partial charge in [0.1, 0.15) is 17.4 Å². The molecule has 2 aromatic carbocycles. The number of hydrogen-bond donors (Lipinski definition) is 3. The summed E-state index contributed by atoms with van der Waals surface area (Å²) in [5.41, 5.74) is 1.24. The first-order valence-corrected chi connectivity index (χ1v) is 14.2. The Morgan fingerprint density at radius 1 is 1.07 bits per heavy atom. The Balaban J connectivity index is 1.48.